The Balaban J connectivity index is 1.18. The van der Waals surface area contributed by atoms with Crippen molar-refractivity contribution in [3.8, 4) is 11.4 Å². The summed E-state index contributed by atoms with van der Waals surface area (Å²) in [4.78, 5) is 25.7. The Bertz CT molecular complexity index is 1090. The molecule has 5 rings (SSSR count). The molecule has 8 heteroatoms. The van der Waals surface area contributed by atoms with Gasteiger partial charge in [0.05, 0.1) is 43.3 Å². The fraction of sp³-hybridized carbons (Fsp3) is 0.391. The minimum absolute atomic E-state index is 0.124. The van der Waals surface area contributed by atoms with Gasteiger partial charge in [-0.05, 0) is 50.3 Å². The molecule has 2 saturated carbocycles. The highest BCUT2D eigenvalue weighted by Gasteiger charge is 2.27. The molecule has 2 aliphatic rings. The van der Waals surface area contributed by atoms with Crippen molar-refractivity contribution in [2.75, 3.05) is 17.7 Å². The number of pyridine rings is 2. The number of rotatable bonds is 7. The third-order valence-electron chi connectivity index (χ3n) is 5.95. The van der Waals surface area contributed by atoms with Crippen LogP contribution < -0.4 is 20.9 Å². The molecule has 0 radical (unpaired) electrons. The first-order valence-corrected chi connectivity index (χ1v) is 10.8. The first kappa shape index (κ1) is 19.5. The van der Waals surface area contributed by atoms with Gasteiger partial charge in [0.1, 0.15) is 17.4 Å². The zero-order valence-electron chi connectivity index (χ0n) is 17.5. The van der Waals surface area contributed by atoms with E-state index in [0.29, 0.717) is 29.4 Å². The predicted octanol–water partition coefficient (Wildman–Crippen LogP) is 3.35. The SMILES string of the molecule is COc1ccc(=O)n(-c2ccc(N[C@H]3CC[C@H](Nc4cnc(C5CC5)cn4)C3)nc2)c1. The van der Waals surface area contributed by atoms with E-state index in [-0.39, 0.29) is 5.56 Å². The van der Waals surface area contributed by atoms with Gasteiger partial charge >= 0.3 is 0 Å². The zero-order chi connectivity index (χ0) is 21.2. The molecule has 0 saturated heterocycles. The number of hydrogen-bond donors (Lipinski definition) is 2. The molecule has 2 atom stereocenters. The van der Waals surface area contributed by atoms with Crippen molar-refractivity contribution in [3.63, 3.8) is 0 Å². The maximum Gasteiger partial charge on any atom is 0.255 e. The Kier molecular flexibility index (Phi) is 5.28. The van der Waals surface area contributed by atoms with Gasteiger partial charge in [-0.1, -0.05) is 0 Å². The van der Waals surface area contributed by atoms with E-state index in [1.807, 2.05) is 24.5 Å². The molecule has 0 bridgehead atoms. The van der Waals surface area contributed by atoms with Gasteiger partial charge in [-0.3, -0.25) is 14.3 Å². The molecule has 0 aromatic carbocycles. The largest absolute Gasteiger partial charge is 0.495 e. The number of ether oxygens (including phenoxy) is 1. The van der Waals surface area contributed by atoms with Crippen LogP contribution in [-0.4, -0.2) is 38.7 Å². The van der Waals surface area contributed by atoms with Gasteiger partial charge in [0, 0.05) is 24.1 Å². The number of methoxy groups -OCH3 is 1. The van der Waals surface area contributed by atoms with Crippen molar-refractivity contribution in [2.24, 2.45) is 0 Å². The molecule has 0 spiro atoms. The van der Waals surface area contributed by atoms with Crippen LogP contribution in [0.5, 0.6) is 5.75 Å². The number of hydrogen-bond acceptors (Lipinski definition) is 7. The average molecular weight is 419 g/mol. The molecule has 31 heavy (non-hydrogen) atoms. The van der Waals surface area contributed by atoms with E-state index in [0.717, 1.165) is 36.6 Å². The van der Waals surface area contributed by atoms with Crippen LogP contribution in [0, 0.1) is 0 Å². The van der Waals surface area contributed by atoms with E-state index in [4.69, 9.17) is 4.74 Å². The lowest BCUT2D eigenvalue weighted by Gasteiger charge is -2.16. The maximum atomic E-state index is 12.1. The number of anilines is 2. The lowest BCUT2D eigenvalue weighted by atomic mass is 10.2. The van der Waals surface area contributed by atoms with Crippen LogP contribution >= 0.6 is 0 Å². The fourth-order valence-corrected chi connectivity index (χ4v) is 4.07. The Hall–Kier alpha value is -3.42. The maximum absolute atomic E-state index is 12.1. The number of nitrogens with one attached hydrogen (secondary N) is 2. The summed E-state index contributed by atoms with van der Waals surface area (Å²) in [5.74, 6) is 2.90. The van der Waals surface area contributed by atoms with Gasteiger partial charge < -0.3 is 15.4 Å². The van der Waals surface area contributed by atoms with Gasteiger partial charge in [0.25, 0.3) is 5.56 Å². The lowest BCUT2D eigenvalue weighted by molar-refractivity contribution is 0.411. The van der Waals surface area contributed by atoms with E-state index in [1.165, 1.54) is 23.5 Å². The fourth-order valence-electron chi connectivity index (χ4n) is 4.07. The zero-order valence-corrected chi connectivity index (χ0v) is 17.5. The molecule has 3 heterocycles. The molecular formula is C23H26N6O2. The van der Waals surface area contributed by atoms with Crippen LogP contribution in [0.15, 0.2) is 53.8 Å². The topological polar surface area (TPSA) is 94.0 Å². The van der Waals surface area contributed by atoms with Gasteiger partial charge in [-0.25, -0.2) is 9.97 Å². The Labute approximate surface area is 180 Å². The molecule has 2 fully saturated rings. The van der Waals surface area contributed by atoms with Crippen molar-refractivity contribution in [1.82, 2.24) is 19.5 Å². The molecule has 0 amide bonds. The first-order valence-electron chi connectivity index (χ1n) is 10.8. The van der Waals surface area contributed by atoms with Crippen LogP contribution in [0.25, 0.3) is 5.69 Å². The van der Waals surface area contributed by atoms with Crippen LogP contribution in [0.4, 0.5) is 11.6 Å². The predicted molar refractivity (Wildman–Crippen MR) is 119 cm³/mol. The van der Waals surface area contributed by atoms with Crippen molar-refractivity contribution in [1.29, 1.82) is 0 Å². The minimum Gasteiger partial charge on any atom is -0.495 e. The summed E-state index contributed by atoms with van der Waals surface area (Å²) in [7, 11) is 1.58. The second-order valence-corrected chi connectivity index (χ2v) is 8.28. The molecular weight excluding hydrogens is 392 g/mol. The molecule has 2 aliphatic carbocycles. The van der Waals surface area contributed by atoms with Gasteiger partial charge in [-0.15, -0.1) is 0 Å². The van der Waals surface area contributed by atoms with E-state index < -0.39 is 0 Å². The minimum atomic E-state index is -0.124. The quantitative estimate of drug-likeness (QED) is 0.608. The molecule has 3 aromatic heterocycles. The number of aromatic nitrogens is 4. The highest BCUT2D eigenvalue weighted by molar-refractivity contribution is 5.43. The van der Waals surface area contributed by atoms with Crippen LogP contribution in [0.1, 0.15) is 43.7 Å². The molecule has 0 aliphatic heterocycles. The Morgan fingerprint density at radius 3 is 2.32 bits per heavy atom. The molecule has 3 aromatic rings. The van der Waals surface area contributed by atoms with Crippen LogP contribution in [-0.2, 0) is 0 Å². The highest BCUT2D eigenvalue weighted by atomic mass is 16.5. The normalized spacial score (nSPS) is 20.4. The second-order valence-electron chi connectivity index (χ2n) is 8.28. The first-order chi connectivity index (χ1) is 15.2. The Morgan fingerprint density at radius 1 is 0.903 bits per heavy atom. The smallest absolute Gasteiger partial charge is 0.255 e. The van der Waals surface area contributed by atoms with Crippen LogP contribution in [0.2, 0.25) is 0 Å². The monoisotopic (exact) mass is 418 g/mol. The standard InChI is InChI=1S/C23H26N6O2/c1-31-19-7-9-23(30)29(14-19)18-6-8-21(25-11-18)27-16-4-5-17(10-16)28-22-13-24-20(12-26-22)15-2-3-15/h6-9,11-17H,2-5,10H2,1H3,(H,25,27)(H,26,28)/t16-,17-/m0/s1. The summed E-state index contributed by atoms with van der Waals surface area (Å²) in [6, 6.07) is 7.64. The van der Waals surface area contributed by atoms with Crippen molar-refractivity contribution >= 4 is 11.6 Å². The summed E-state index contributed by atoms with van der Waals surface area (Å²) < 4.78 is 6.74. The molecule has 8 nitrogen and oxygen atoms in total. The van der Waals surface area contributed by atoms with Crippen LogP contribution in [0.3, 0.4) is 0 Å². The number of nitrogens with zero attached hydrogens (tertiary/aromatic N) is 4. The summed E-state index contributed by atoms with van der Waals surface area (Å²) in [5, 5.41) is 7.01. The third-order valence-corrected chi connectivity index (χ3v) is 5.95. The highest BCUT2D eigenvalue weighted by Crippen LogP contribution is 2.38. The van der Waals surface area contributed by atoms with Gasteiger partial charge in [0.2, 0.25) is 0 Å². The lowest BCUT2D eigenvalue weighted by Crippen LogP contribution is -2.22. The second kappa shape index (κ2) is 8.37. The third kappa shape index (κ3) is 4.52. The molecule has 0 unspecified atom stereocenters. The molecule has 2 N–H and O–H groups in total. The van der Waals surface area contributed by atoms with Crippen molar-refractivity contribution in [3.05, 3.63) is 65.1 Å². The van der Waals surface area contributed by atoms with E-state index in [1.54, 1.807) is 25.6 Å². The van der Waals surface area contributed by atoms with Gasteiger partial charge in [-0.2, -0.15) is 0 Å². The molecule has 160 valence electrons. The van der Waals surface area contributed by atoms with E-state index in [2.05, 4.69) is 25.6 Å². The Morgan fingerprint density at radius 2 is 1.68 bits per heavy atom. The summed E-state index contributed by atoms with van der Waals surface area (Å²) in [5.41, 5.74) is 1.69. The van der Waals surface area contributed by atoms with Crippen molar-refractivity contribution < 1.29 is 4.74 Å². The van der Waals surface area contributed by atoms with E-state index in [9.17, 15) is 4.79 Å². The average Bonchev–Trinajstić information content (AvgIpc) is 3.56. The van der Waals surface area contributed by atoms with Crippen molar-refractivity contribution in [2.45, 2.75) is 50.1 Å². The van der Waals surface area contributed by atoms with Gasteiger partial charge in [0.15, 0.2) is 0 Å². The van der Waals surface area contributed by atoms with E-state index >= 15 is 0 Å². The summed E-state index contributed by atoms with van der Waals surface area (Å²) in [6.45, 7) is 0. The summed E-state index contributed by atoms with van der Waals surface area (Å²) in [6.07, 6.45) is 12.7. The summed E-state index contributed by atoms with van der Waals surface area (Å²) >= 11 is 0.